The summed E-state index contributed by atoms with van der Waals surface area (Å²) in [6.45, 7) is 1.71. The van der Waals surface area contributed by atoms with Crippen molar-refractivity contribution in [3.63, 3.8) is 0 Å². The molecule has 1 heterocycles. The lowest BCUT2D eigenvalue weighted by Crippen LogP contribution is -2.41. The topological polar surface area (TPSA) is 70.7 Å². The molecule has 0 atom stereocenters. The van der Waals surface area contributed by atoms with E-state index in [0.717, 1.165) is 48.8 Å². The van der Waals surface area contributed by atoms with E-state index in [-0.39, 0.29) is 17.6 Å². The number of piperidine rings is 1. The van der Waals surface area contributed by atoms with Gasteiger partial charge >= 0.3 is 6.03 Å². The van der Waals surface area contributed by atoms with Gasteiger partial charge in [-0.1, -0.05) is 12.1 Å². The van der Waals surface area contributed by atoms with Gasteiger partial charge in [0.25, 0.3) is 0 Å². The number of halogens is 2. The number of rotatable bonds is 7. The minimum atomic E-state index is -0.734. The fraction of sp³-hybridized carbons (Fsp3) is 0.391. The van der Waals surface area contributed by atoms with Gasteiger partial charge in [0.05, 0.1) is 13.5 Å². The van der Waals surface area contributed by atoms with Gasteiger partial charge < -0.3 is 20.3 Å². The maximum Gasteiger partial charge on any atom is 0.321 e. The molecule has 6 nitrogen and oxygen atoms in total. The van der Waals surface area contributed by atoms with Crippen LogP contribution in [0.2, 0.25) is 0 Å². The number of carbonyl (C=O) groups is 2. The van der Waals surface area contributed by atoms with E-state index in [2.05, 4.69) is 10.6 Å². The third kappa shape index (κ3) is 6.94. The van der Waals surface area contributed by atoms with E-state index in [0.29, 0.717) is 32.0 Å². The molecule has 1 saturated heterocycles. The van der Waals surface area contributed by atoms with Crippen LogP contribution in [0.1, 0.15) is 24.8 Å². The molecular formula is C23H27F2N3O3. The number of anilines is 1. The summed E-state index contributed by atoms with van der Waals surface area (Å²) in [4.78, 5) is 26.1. The predicted molar refractivity (Wildman–Crippen MR) is 114 cm³/mol. The Kier molecular flexibility index (Phi) is 7.81. The van der Waals surface area contributed by atoms with Gasteiger partial charge in [0.2, 0.25) is 5.91 Å². The summed E-state index contributed by atoms with van der Waals surface area (Å²) < 4.78 is 31.7. The largest absolute Gasteiger partial charge is 0.497 e. The van der Waals surface area contributed by atoms with Gasteiger partial charge in [-0.15, -0.1) is 0 Å². The van der Waals surface area contributed by atoms with Gasteiger partial charge in [-0.2, -0.15) is 0 Å². The number of hydrogen-bond donors (Lipinski definition) is 2. The van der Waals surface area contributed by atoms with E-state index < -0.39 is 11.6 Å². The fourth-order valence-electron chi connectivity index (χ4n) is 3.70. The molecule has 1 aliphatic rings. The number of ether oxygens (including phenoxy) is 1. The Balaban J connectivity index is 1.36. The third-order valence-electron chi connectivity index (χ3n) is 5.39. The second kappa shape index (κ2) is 10.7. The highest BCUT2D eigenvalue weighted by Crippen LogP contribution is 2.21. The second-order valence-electron chi connectivity index (χ2n) is 7.69. The van der Waals surface area contributed by atoms with Gasteiger partial charge in [-0.25, -0.2) is 13.6 Å². The number of methoxy groups -OCH3 is 1. The molecule has 0 radical (unpaired) electrons. The van der Waals surface area contributed by atoms with Gasteiger partial charge in [0.1, 0.15) is 17.4 Å². The van der Waals surface area contributed by atoms with Crippen LogP contribution in [0.3, 0.4) is 0 Å². The highest BCUT2D eigenvalue weighted by Gasteiger charge is 2.23. The first-order valence-corrected chi connectivity index (χ1v) is 10.3. The monoisotopic (exact) mass is 431 g/mol. The first-order valence-electron chi connectivity index (χ1n) is 10.3. The van der Waals surface area contributed by atoms with Gasteiger partial charge in [0, 0.05) is 31.4 Å². The lowest BCUT2D eigenvalue weighted by Gasteiger charge is -2.32. The smallest absolute Gasteiger partial charge is 0.321 e. The summed E-state index contributed by atoms with van der Waals surface area (Å²) in [5.41, 5.74) is 0.998. The number of benzene rings is 2. The molecule has 3 amide bonds. The Hall–Kier alpha value is -3.16. The SMILES string of the molecule is COc1cccc(CC(=O)NCCC2CCN(C(=O)Nc3cc(F)cc(F)c3)CC2)c1. The Bertz CT molecular complexity index is 894. The minimum Gasteiger partial charge on any atom is -0.497 e. The summed E-state index contributed by atoms with van der Waals surface area (Å²) in [5, 5.41) is 5.49. The van der Waals surface area contributed by atoms with Gasteiger partial charge in [-0.3, -0.25) is 4.79 Å². The Morgan fingerprint density at radius 3 is 2.48 bits per heavy atom. The van der Waals surface area contributed by atoms with E-state index >= 15 is 0 Å². The molecule has 0 spiro atoms. The quantitative estimate of drug-likeness (QED) is 0.697. The summed E-state index contributed by atoms with van der Waals surface area (Å²) in [6, 6.07) is 10.00. The third-order valence-corrected chi connectivity index (χ3v) is 5.39. The van der Waals surface area contributed by atoms with Crippen LogP contribution < -0.4 is 15.4 Å². The number of nitrogens with zero attached hydrogens (tertiary/aromatic N) is 1. The lowest BCUT2D eigenvalue weighted by atomic mass is 9.93. The van der Waals surface area contributed by atoms with Crippen LogP contribution in [-0.4, -0.2) is 43.6 Å². The van der Waals surface area contributed by atoms with Gasteiger partial charge in [-0.05, 0) is 55.0 Å². The standard InChI is InChI=1S/C23H27F2N3O3/c1-31-21-4-2-3-17(11-21)12-22(29)26-8-5-16-6-9-28(10-7-16)23(30)27-20-14-18(24)13-19(25)15-20/h2-4,11,13-16H,5-10,12H2,1H3,(H,26,29)(H,27,30). The summed E-state index contributed by atoms with van der Waals surface area (Å²) >= 11 is 0. The molecule has 1 aliphatic heterocycles. The number of carbonyl (C=O) groups excluding carboxylic acids is 2. The van der Waals surface area contributed by atoms with Crippen molar-refractivity contribution in [2.24, 2.45) is 5.92 Å². The maximum atomic E-state index is 13.3. The van der Waals surface area contributed by atoms with Crippen LogP contribution in [-0.2, 0) is 11.2 Å². The predicted octanol–water partition coefficient (Wildman–Crippen LogP) is 3.97. The lowest BCUT2D eigenvalue weighted by molar-refractivity contribution is -0.120. The number of likely N-dealkylation sites (tertiary alicyclic amines) is 1. The molecule has 1 fully saturated rings. The second-order valence-corrected chi connectivity index (χ2v) is 7.69. The molecule has 0 aliphatic carbocycles. The molecule has 0 saturated carbocycles. The Labute approximate surface area is 180 Å². The van der Waals surface area contributed by atoms with E-state index in [1.54, 1.807) is 12.0 Å². The van der Waals surface area contributed by atoms with Gasteiger partial charge in [0.15, 0.2) is 0 Å². The molecule has 31 heavy (non-hydrogen) atoms. The zero-order valence-corrected chi connectivity index (χ0v) is 17.5. The number of hydrogen-bond acceptors (Lipinski definition) is 3. The summed E-state index contributed by atoms with van der Waals surface area (Å²) in [5.74, 6) is -0.367. The van der Waals surface area contributed by atoms with Crippen LogP contribution in [0.4, 0.5) is 19.3 Å². The van der Waals surface area contributed by atoms with Crippen LogP contribution in [0.25, 0.3) is 0 Å². The summed E-state index contributed by atoms with van der Waals surface area (Å²) in [7, 11) is 1.59. The fourth-order valence-corrected chi connectivity index (χ4v) is 3.70. The van der Waals surface area contributed by atoms with Crippen molar-refractivity contribution in [2.45, 2.75) is 25.7 Å². The zero-order chi connectivity index (χ0) is 22.2. The highest BCUT2D eigenvalue weighted by molar-refractivity contribution is 5.89. The van der Waals surface area contributed by atoms with E-state index in [4.69, 9.17) is 4.74 Å². The molecule has 0 bridgehead atoms. The van der Waals surface area contributed by atoms with Crippen LogP contribution >= 0.6 is 0 Å². The molecular weight excluding hydrogens is 404 g/mol. The Morgan fingerprint density at radius 1 is 1.10 bits per heavy atom. The molecule has 2 N–H and O–H groups in total. The highest BCUT2D eigenvalue weighted by atomic mass is 19.1. The number of amides is 3. The number of urea groups is 1. The van der Waals surface area contributed by atoms with Crippen molar-refractivity contribution in [1.82, 2.24) is 10.2 Å². The van der Waals surface area contributed by atoms with Crippen molar-refractivity contribution in [3.8, 4) is 5.75 Å². The van der Waals surface area contributed by atoms with Crippen LogP contribution in [0.5, 0.6) is 5.75 Å². The average molecular weight is 431 g/mol. The first-order chi connectivity index (χ1) is 14.9. The van der Waals surface area contributed by atoms with E-state index in [1.807, 2.05) is 24.3 Å². The Morgan fingerprint density at radius 2 is 1.81 bits per heavy atom. The van der Waals surface area contributed by atoms with Crippen molar-refractivity contribution < 1.29 is 23.1 Å². The van der Waals surface area contributed by atoms with Crippen LogP contribution in [0.15, 0.2) is 42.5 Å². The molecule has 8 heteroatoms. The number of nitrogens with one attached hydrogen (secondary N) is 2. The maximum absolute atomic E-state index is 13.3. The molecule has 3 rings (SSSR count). The minimum absolute atomic E-state index is 0.0348. The zero-order valence-electron chi connectivity index (χ0n) is 17.5. The molecule has 2 aromatic carbocycles. The van der Waals surface area contributed by atoms with Crippen molar-refractivity contribution in [2.75, 3.05) is 32.1 Å². The van der Waals surface area contributed by atoms with Crippen LogP contribution in [0, 0.1) is 17.6 Å². The van der Waals surface area contributed by atoms with Crippen molar-refractivity contribution in [1.29, 1.82) is 0 Å². The summed E-state index contributed by atoms with van der Waals surface area (Å²) in [6.07, 6.45) is 2.78. The van der Waals surface area contributed by atoms with Crippen molar-refractivity contribution in [3.05, 3.63) is 59.7 Å². The first kappa shape index (κ1) is 22.5. The molecule has 2 aromatic rings. The van der Waals surface area contributed by atoms with Crippen molar-refractivity contribution >= 4 is 17.6 Å². The van der Waals surface area contributed by atoms with E-state index in [9.17, 15) is 18.4 Å². The molecule has 0 aromatic heterocycles. The molecule has 0 unspecified atom stereocenters. The van der Waals surface area contributed by atoms with E-state index in [1.165, 1.54) is 0 Å². The normalized spacial score (nSPS) is 14.2. The molecule has 166 valence electrons. The average Bonchev–Trinajstić information content (AvgIpc) is 2.73.